The van der Waals surface area contributed by atoms with Gasteiger partial charge in [-0.1, -0.05) is 33.1 Å². The van der Waals surface area contributed by atoms with Crippen molar-refractivity contribution in [3.63, 3.8) is 0 Å². The quantitative estimate of drug-likeness (QED) is 0.814. The fourth-order valence-corrected chi connectivity index (χ4v) is 3.94. The molecule has 0 amide bonds. The van der Waals surface area contributed by atoms with E-state index in [9.17, 15) is 5.11 Å². The zero-order valence-corrected chi connectivity index (χ0v) is 11.6. The molecule has 2 saturated carbocycles. The summed E-state index contributed by atoms with van der Waals surface area (Å²) in [4.78, 5) is 2.62. The molecule has 2 heteroatoms. The molecule has 0 aliphatic heterocycles. The average molecular weight is 239 g/mol. The Morgan fingerprint density at radius 3 is 2.35 bits per heavy atom. The second kappa shape index (κ2) is 6.19. The molecular weight excluding hydrogens is 210 g/mol. The van der Waals surface area contributed by atoms with Gasteiger partial charge in [0.1, 0.15) is 0 Å². The van der Waals surface area contributed by atoms with Gasteiger partial charge in [-0.15, -0.1) is 0 Å². The van der Waals surface area contributed by atoms with Crippen molar-refractivity contribution in [1.82, 2.24) is 4.90 Å². The highest BCUT2D eigenvalue weighted by atomic mass is 16.3. The Balaban J connectivity index is 2.00. The molecule has 3 unspecified atom stereocenters. The summed E-state index contributed by atoms with van der Waals surface area (Å²) in [6.45, 7) is 5.68. The normalized spacial score (nSPS) is 35.6. The van der Waals surface area contributed by atoms with Crippen molar-refractivity contribution in [2.24, 2.45) is 5.92 Å². The lowest BCUT2D eigenvalue weighted by molar-refractivity contribution is -0.0136. The summed E-state index contributed by atoms with van der Waals surface area (Å²) in [6, 6.07) is 1.21. The molecule has 0 aromatic carbocycles. The fourth-order valence-electron chi connectivity index (χ4n) is 3.94. The molecule has 0 aromatic rings. The van der Waals surface area contributed by atoms with E-state index in [1.54, 1.807) is 0 Å². The van der Waals surface area contributed by atoms with E-state index >= 15 is 0 Å². The van der Waals surface area contributed by atoms with Crippen molar-refractivity contribution in [2.45, 2.75) is 83.4 Å². The highest BCUT2D eigenvalue weighted by Gasteiger charge is 2.35. The second-order valence-electron chi connectivity index (χ2n) is 5.99. The second-order valence-corrected chi connectivity index (χ2v) is 5.99. The largest absolute Gasteiger partial charge is 0.391 e. The Morgan fingerprint density at radius 1 is 1.06 bits per heavy atom. The van der Waals surface area contributed by atoms with Crippen LogP contribution in [0.15, 0.2) is 0 Å². The van der Waals surface area contributed by atoms with Crippen molar-refractivity contribution in [3.8, 4) is 0 Å². The summed E-state index contributed by atoms with van der Waals surface area (Å²) in [5, 5.41) is 10.3. The van der Waals surface area contributed by atoms with E-state index in [1.165, 1.54) is 44.9 Å². The zero-order chi connectivity index (χ0) is 12.3. The Morgan fingerprint density at radius 2 is 1.76 bits per heavy atom. The third-order valence-corrected chi connectivity index (χ3v) is 5.05. The summed E-state index contributed by atoms with van der Waals surface area (Å²) >= 11 is 0. The Labute approximate surface area is 106 Å². The third-order valence-electron chi connectivity index (χ3n) is 5.05. The molecule has 2 aliphatic carbocycles. The number of aliphatic hydroxyl groups is 1. The standard InChI is InChI=1S/C15H29NO/c1-3-12-9-10-15(17)14(11-12)16(4-2)13-7-5-6-8-13/h12-15,17H,3-11H2,1-2H3. The van der Waals surface area contributed by atoms with Gasteiger partial charge in [-0.25, -0.2) is 0 Å². The molecule has 0 radical (unpaired) electrons. The van der Waals surface area contributed by atoms with Crippen LogP contribution in [0.25, 0.3) is 0 Å². The highest BCUT2D eigenvalue weighted by Crippen LogP contribution is 2.34. The first-order chi connectivity index (χ1) is 8.26. The molecular formula is C15H29NO. The monoisotopic (exact) mass is 239 g/mol. The number of hydrogen-bond acceptors (Lipinski definition) is 2. The van der Waals surface area contributed by atoms with Crippen molar-refractivity contribution in [2.75, 3.05) is 6.54 Å². The maximum Gasteiger partial charge on any atom is 0.0695 e. The van der Waals surface area contributed by atoms with Crippen LogP contribution in [-0.4, -0.2) is 34.7 Å². The lowest BCUT2D eigenvalue weighted by Gasteiger charge is -2.43. The van der Waals surface area contributed by atoms with Crippen LogP contribution in [0.5, 0.6) is 0 Å². The van der Waals surface area contributed by atoms with Crippen LogP contribution in [0, 0.1) is 5.92 Å². The zero-order valence-electron chi connectivity index (χ0n) is 11.6. The first-order valence-electron chi connectivity index (χ1n) is 7.70. The van der Waals surface area contributed by atoms with Gasteiger partial charge >= 0.3 is 0 Å². The van der Waals surface area contributed by atoms with Crippen LogP contribution in [-0.2, 0) is 0 Å². The topological polar surface area (TPSA) is 23.5 Å². The molecule has 2 rings (SSSR count). The van der Waals surface area contributed by atoms with E-state index in [0.29, 0.717) is 6.04 Å². The van der Waals surface area contributed by atoms with Crippen LogP contribution in [0.4, 0.5) is 0 Å². The van der Waals surface area contributed by atoms with Gasteiger partial charge < -0.3 is 5.11 Å². The van der Waals surface area contributed by atoms with Gasteiger partial charge in [0.2, 0.25) is 0 Å². The number of likely N-dealkylation sites (N-methyl/N-ethyl adjacent to an activating group) is 1. The molecule has 2 nitrogen and oxygen atoms in total. The predicted octanol–water partition coefficient (Wildman–Crippen LogP) is 3.19. The molecule has 17 heavy (non-hydrogen) atoms. The first-order valence-corrected chi connectivity index (χ1v) is 7.70. The van der Waals surface area contributed by atoms with Gasteiger partial charge in [0.25, 0.3) is 0 Å². The minimum atomic E-state index is -0.0710. The van der Waals surface area contributed by atoms with Gasteiger partial charge in [-0.05, 0) is 44.6 Å². The molecule has 0 heterocycles. The molecule has 1 N–H and O–H groups in total. The number of aliphatic hydroxyl groups excluding tert-OH is 1. The van der Waals surface area contributed by atoms with Crippen molar-refractivity contribution < 1.29 is 5.11 Å². The Kier molecular flexibility index (Phi) is 4.87. The summed E-state index contributed by atoms with van der Waals surface area (Å²) in [7, 11) is 0. The van der Waals surface area contributed by atoms with E-state index < -0.39 is 0 Å². The fraction of sp³-hybridized carbons (Fsp3) is 1.00. The number of nitrogens with zero attached hydrogens (tertiary/aromatic N) is 1. The van der Waals surface area contributed by atoms with E-state index in [1.807, 2.05) is 0 Å². The number of rotatable bonds is 4. The smallest absolute Gasteiger partial charge is 0.0695 e. The minimum Gasteiger partial charge on any atom is -0.391 e. The molecule has 2 aliphatic rings. The van der Waals surface area contributed by atoms with E-state index in [0.717, 1.165) is 24.9 Å². The van der Waals surface area contributed by atoms with Gasteiger partial charge in [0, 0.05) is 12.1 Å². The maximum absolute atomic E-state index is 10.3. The van der Waals surface area contributed by atoms with E-state index in [-0.39, 0.29) is 6.10 Å². The summed E-state index contributed by atoms with van der Waals surface area (Å²) in [6.07, 6.45) is 10.2. The SMILES string of the molecule is CCC1CCC(O)C(N(CC)C2CCCC2)C1. The Hall–Kier alpha value is -0.0800. The lowest BCUT2D eigenvalue weighted by Crippen LogP contribution is -2.51. The summed E-state index contributed by atoms with van der Waals surface area (Å²) in [5.41, 5.74) is 0. The van der Waals surface area contributed by atoms with Gasteiger partial charge in [0.15, 0.2) is 0 Å². The van der Waals surface area contributed by atoms with Gasteiger partial charge in [-0.2, -0.15) is 0 Å². The minimum absolute atomic E-state index is 0.0710. The molecule has 0 aromatic heterocycles. The van der Waals surface area contributed by atoms with Crippen LogP contribution >= 0.6 is 0 Å². The van der Waals surface area contributed by atoms with E-state index in [4.69, 9.17) is 0 Å². The predicted molar refractivity (Wildman–Crippen MR) is 72.1 cm³/mol. The van der Waals surface area contributed by atoms with E-state index in [2.05, 4.69) is 18.7 Å². The van der Waals surface area contributed by atoms with Gasteiger partial charge in [-0.3, -0.25) is 4.90 Å². The maximum atomic E-state index is 10.3. The first kappa shape index (κ1) is 13.4. The Bertz CT molecular complexity index is 225. The molecule has 0 saturated heterocycles. The molecule has 0 spiro atoms. The van der Waals surface area contributed by atoms with Crippen LogP contribution in [0.2, 0.25) is 0 Å². The highest BCUT2D eigenvalue weighted by molar-refractivity contribution is 4.90. The third kappa shape index (κ3) is 3.03. The van der Waals surface area contributed by atoms with Crippen LogP contribution in [0.3, 0.4) is 0 Å². The van der Waals surface area contributed by atoms with Crippen LogP contribution in [0.1, 0.15) is 65.2 Å². The molecule has 100 valence electrons. The van der Waals surface area contributed by atoms with Crippen molar-refractivity contribution in [3.05, 3.63) is 0 Å². The molecule has 3 atom stereocenters. The van der Waals surface area contributed by atoms with Gasteiger partial charge in [0.05, 0.1) is 6.10 Å². The van der Waals surface area contributed by atoms with Crippen LogP contribution < -0.4 is 0 Å². The lowest BCUT2D eigenvalue weighted by atomic mass is 9.81. The number of hydrogen-bond donors (Lipinski definition) is 1. The summed E-state index contributed by atoms with van der Waals surface area (Å²) in [5.74, 6) is 0.846. The summed E-state index contributed by atoms with van der Waals surface area (Å²) < 4.78 is 0. The molecule has 0 bridgehead atoms. The molecule has 2 fully saturated rings. The van der Waals surface area contributed by atoms with Crippen molar-refractivity contribution in [1.29, 1.82) is 0 Å². The average Bonchev–Trinajstić information content (AvgIpc) is 2.86. The van der Waals surface area contributed by atoms with Crippen molar-refractivity contribution >= 4 is 0 Å².